The normalized spacial score (nSPS) is 14.6. The molecule has 0 bridgehead atoms. The maximum Gasteiger partial charge on any atom is 0.239 e. The summed E-state index contributed by atoms with van der Waals surface area (Å²) in [4.78, 5) is 13.2. The number of rotatable bonds is 4. The highest BCUT2D eigenvalue weighted by atomic mass is 16.2. The minimum absolute atomic E-state index is 0.0953. The van der Waals surface area contributed by atoms with Gasteiger partial charge in [-0.25, -0.2) is 0 Å². The summed E-state index contributed by atoms with van der Waals surface area (Å²) in [5, 5.41) is 8.59. The van der Waals surface area contributed by atoms with Crippen LogP contribution in [0, 0.1) is 23.2 Å². The number of likely N-dealkylation sites (N-methyl/N-ethyl adjacent to an activating group) is 1. The number of carbonyl (C=O) groups is 1. The van der Waals surface area contributed by atoms with Gasteiger partial charge in [0, 0.05) is 13.6 Å². The zero-order valence-corrected chi connectivity index (χ0v) is 9.32. The van der Waals surface area contributed by atoms with Gasteiger partial charge in [-0.2, -0.15) is 5.26 Å². The topological polar surface area (TPSA) is 70.1 Å². The lowest BCUT2D eigenvalue weighted by Gasteiger charge is -2.24. The summed E-state index contributed by atoms with van der Waals surface area (Å²) < 4.78 is 0. The summed E-state index contributed by atoms with van der Waals surface area (Å²) in [5.74, 6) is -0.118. The Morgan fingerprint density at radius 2 is 2.00 bits per heavy atom. The van der Waals surface area contributed by atoms with Crippen LogP contribution in [0.15, 0.2) is 0 Å². The Kier molecular flexibility index (Phi) is 5.18. The van der Waals surface area contributed by atoms with Crippen LogP contribution in [0.3, 0.4) is 0 Å². The van der Waals surface area contributed by atoms with Crippen LogP contribution in [0.1, 0.15) is 20.8 Å². The first-order chi connectivity index (χ1) is 6.40. The summed E-state index contributed by atoms with van der Waals surface area (Å²) >= 11 is 0. The van der Waals surface area contributed by atoms with Crippen molar-refractivity contribution in [2.75, 3.05) is 13.6 Å². The van der Waals surface area contributed by atoms with E-state index in [1.165, 1.54) is 4.90 Å². The fourth-order valence-corrected chi connectivity index (χ4v) is 1.08. The van der Waals surface area contributed by atoms with Crippen LogP contribution >= 0.6 is 0 Å². The molecule has 4 heteroatoms. The Bertz CT molecular complexity index is 232. The first-order valence-corrected chi connectivity index (χ1v) is 4.80. The van der Waals surface area contributed by atoms with Crippen molar-refractivity contribution in [3.05, 3.63) is 0 Å². The zero-order chi connectivity index (χ0) is 11.3. The summed E-state index contributed by atoms with van der Waals surface area (Å²) in [5.41, 5.74) is 5.70. The van der Waals surface area contributed by atoms with Crippen molar-refractivity contribution >= 4 is 5.91 Å². The number of carbonyl (C=O) groups excluding carboxylic acids is 1. The van der Waals surface area contributed by atoms with E-state index in [1.807, 2.05) is 13.8 Å². The summed E-state index contributed by atoms with van der Waals surface area (Å²) in [6, 6.07) is 1.62. The maximum absolute atomic E-state index is 11.6. The minimum Gasteiger partial charge on any atom is -0.343 e. The van der Waals surface area contributed by atoms with E-state index in [2.05, 4.69) is 6.07 Å². The molecule has 14 heavy (non-hydrogen) atoms. The molecule has 80 valence electrons. The van der Waals surface area contributed by atoms with E-state index in [0.717, 1.165) is 0 Å². The van der Waals surface area contributed by atoms with E-state index >= 15 is 0 Å². The number of hydrogen-bond acceptors (Lipinski definition) is 3. The van der Waals surface area contributed by atoms with Crippen molar-refractivity contribution in [2.45, 2.75) is 26.8 Å². The van der Waals surface area contributed by atoms with E-state index in [1.54, 1.807) is 14.0 Å². The van der Waals surface area contributed by atoms with Crippen molar-refractivity contribution in [3.8, 4) is 6.07 Å². The average molecular weight is 197 g/mol. The largest absolute Gasteiger partial charge is 0.343 e. The number of amides is 1. The molecule has 0 aliphatic rings. The Morgan fingerprint density at radius 1 is 1.50 bits per heavy atom. The Labute approximate surface area is 85.7 Å². The van der Waals surface area contributed by atoms with Crippen LogP contribution in [0.25, 0.3) is 0 Å². The molecule has 0 saturated heterocycles. The first kappa shape index (κ1) is 12.9. The van der Waals surface area contributed by atoms with Gasteiger partial charge in [0.25, 0.3) is 0 Å². The van der Waals surface area contributed by atoms with Gasteiger partial charge in [0.2, 0.25) is 5.91 Å². The van der Waals surface area contributed by atoms with Crippen LogP contribution in [0.4, 0.5) is 0 Å². The molecule has 0 heterocycles. The second-order valence-corrected chi connectivity index (χ2v) is 4.02. The lowest BCUT2D eigenvalue weighted by atomic mass is 10.0. The number of hydrogen-bond donors (Lipinski definition) is 1. The highest BCUT2D eigenvalue weighted by molar-refractivity contribution is 5.81. The quantitative estimate of drug-likeness (QED) is 0.717. The average Bonchev–Trinajstić information content (AvgIpc) is 2.14. The van der Waals surface area contributed by atoms with Crippen LogP contribution in [-0.4, -0.2) is 30.4 Å². The van der Waals surface area contributed by atoms with Gasteiger partial charge in [-0.1, -0.05) is 13.8 Å². The molecule has 0 aromatic rings. The van der Waals surface area contributed by atoms with Gasteiger partial charge in [0.1, 0.15) is 0 Å². The maximum atomic E-state index is 11.6. The molecule has 2 N–H and O–H groups in total. The molecule has 0 aromatic carbocycles. The number of nitrogens with zero attached hydrogens (tertiary/aromatic N) is 2. The third kappa shape index (κ3) is 3.75. The fourth-order valence-electron chi connectivity index (χ4n) is 1.08. The molecule has 0 aliphatic heterocycles. The van der Waals surface area contributed by atoms with E-state index < -0.39 is 6.04 Å². The summed E-state index contributed by atoms with van der Waals surface area (Å²) in [6.45, 7) is 6.04. The second-order valence-electron chi connectivity index (χ2n) is 4.02. The lowest BCUT2D eigenvalue weighted by molar-refractivity contribution is -0.132. The van der Waals surface area contributed by atoms with Crippen LogP contribution in [-0.2, 0) is 4.79 Å². The van der Waals surface area contributed by atoms with Gasteiger partial charge >= 0.3 is 0 Å². The smallest absolute Gasteiger partial charge is 0.239 e. The van der Waals surface area contributed by atoms with Gasteiger partial charge in [0.15, 0.2) is 0 Å². The molecule has 0 rings (SSSR count). The van der Waals surface area contributed by atoms with Gasteiger partial charge in [-0.3, -0.25) is 4.79 Å². The molecule has 1 unspecified atom stereocenters. The Balaban J connectivity index is 4.20. The molecular formula is C10H19N3O. The third-order valence-electron chi connectivity index (χ3n) is 2.15. The van der Waals surface area contributed by atoms with E-state index in [9.17, 15) is 4.79 Å². The van der Waals surface area contributed by atoms with Gasteiger partial charge in [-0.15, -0.1) is 0 Å². The first-order valence-electron chi connectivity index (χ1n) is 4.80. The number of nitrogens with two attached hydrogens (primary N) is 1. The minimum atomic E-state index is -0.467. The molecule has 0 radical (unpaired) electrons. The van der Waals surface area contributed by atoms with E-state index in [4.69, 9.17) is 11.0 Å². The zero-order valence-electron chi connectivity index (χ0n) is 9.32. The number of nitriles is 1. The molecule has 1 amide bonds. The van der Waals surface area contributed by atoms with E-state index in [0.29, 0.717) is 6.54 Å². The molecule has 0 fully saturated rings. The van der Waals surface area contributed by atoms with Crippen LogP contribution in [0.2, 0.25) is 0 Å². The van der Waals surface area contributed by atoms with E-state index in [-0.39, 0.29) is 17.7 Å². The SMILES string of the molecule is CC(C#N)CN(C)C(=O)[C@H](N)C(C)C. The van der Waals surface area contributed by atoms with Gasteiger partial charge in [0.05, 0.1) is 18.0 Å². The highest BCUT2D eigenvalue weighted by Crippen LogP contribution is 2.04. The molecule has 2 atom stereocenters. The molecule has 0 spiro atoms. The second kappa shape index (κ2) is 5.61. The lowest BCUT2D eigenvalue weighted by Crippen LogP contribution is -2.45. The Morgan fingerprint density at radius 3 is 2.36 bits per heavy atom. The predicted octanol–water partition coefficient (Wildman–Crippen LogP) is 0.588. The van der Waals surface area contributed by atoms with Crippen molar-refractivity contribution < 1.29 is 4.79 Å². The monoisotopic (exact) mass is 197 g/mol. The van der Waals surface area contributed by atoms with Gasteiger partial charge in [-0.05, 0) is 12.8 Å². The molecule has 0 saturated carbocycles. The molecule has 0 aromatic heterocycles. The van der Waals surface area contributed by atoms with Crippen molar-refractivity contribution in [1.82, 2.24) is 4.90 Å². The molecule has 0 aliphatic carbocycles. The highest BCUT2D eigenvalue weighted by Gasteiger charge is 2.21. The Hall–Kier alpha value is -1.08. The van der Waals surface area contributed by atoms with Crippen molar-refractivity contribution in [1.29, 1.82) is 5.26 Å². The fraction of sp³-hybridized carbons (Fsp3) is 0.800. The predicted molar refractivity (Wildman–Crippen MR) is 55.2 cm³/mol. The van der Waals surface area contributed by atoms with Gasteiger partial charge < -0.3 is 10.6 Å². The summed E-state index contributed by atoms with van der Waals surface area (Å²) in [7, 11) is 1.68. The standard InChI is InChI=1S/C10H19N3O/c1-7(2)9(12)10(14)13(4)6-8(3)5-11/h7-9H,6,12H2,1-4H3/t8?,9-/m1/s1. The third-order valence-corrected chi connectivity index (χ3v) is 2.15. The van der Waals surface area contributed by atoms with Crippen molar-refractivity contribution in [2.24, 2.45) is 17.6 Å². The van der Waals surface area contributed by atoms with Crippen LogP contribution < -0.4 is 5.73 Å². The van der Waals surface area contributed by atoms with Crippen LogP contribution in [0.5, 0.6) is 0 Å². The van der Waals surface area contributed by atoms with Crippen molar-refractivity contribution in [3.63, 3.8) is 0 Å². The summed E-state index contributed by atoms with van der Waals surface area (Å²) in [6.07, 6.45) is 0. The molecule has 4 nitrogen and oxygen atoms in total. The molecular weight excluding hydrogens is 178 g/mol.